The molecular formula is C35H42ClN3O4S. The van der Waals surface area contributed by atoms with Gasteiger partial charge in [-0.15, -0.1) is 24.9 Å². The molecule has 7 atom stereocenters. The molecule has 0 aliphatic carbocycles. The van der Waals surface area contributed by atoms with Crippen LogP contribution in [-0.2, 0) is 14.4 Å². The minimum absolute atomic E-state index is 0.0192. The van der Waals surface area contributed by atoms with Gasteiger partial charge in [-0.25, -0.2) is 0 Å². The molecule has 1 spiro atoms. The summed E-state index contributed by atoms with van der Waals surface area (Å²) in [7, 11) is 0. The number of carbonyl (C=O) groups excluding carboxylic acids is 3. The number of amides is 3. The van der Waals surface area contributed by atoms with Gasteiger partial charge >= 0.3 is 0 Å². The Labute approximate surface area is 269 Å². The van der Waals surface area contributed by atoms with E-state index in [9.17, 15) is 19.5 Å². The zero-order chi connectivity index (χ0) is 31.8. The van der Waals surface area contributed by atoms with Crippen molar-refractivity contribution >= 4 is 52.5 Å². The molecule has 3 aliphatic heterocycles. The van der Waals surface area contributed by atoms with Crippen LogP contribution in [-0.4, -0.2) is 69.5 Å². The van der Waals surface area contributed by atoms with Crippen LogP contribution in [0.15, 0.2) is 79.9 Å². The van der Waals surface area contributed by atoms with Gasteiger partial charge in [-0.05, 0) is 48.9 Å². The standard InChI is InChI=1S/C35H42ClN3O4S/c1-6-17-37(24-13-9-8-10-14-24)32(41)29-28-20-23(5)35(44-28)30(29)33(42)39(25(21-40)19-22(3)4)31(35)34(43)38(18-7-2)27-16-12-11-15-26(27)36/h6-16,22-23,25,28-31,40H,1-2,17-21H2,3-5H3/t23?,25-,28+,29-,30+,31?,35?/m1/s1. The highest BCUT2D eigenvalue weighted by Gasteiger charge is 2.77. The van der Waals surface area contributed by atoms with Crippen molar-refractivity contribution in [2.75, 3.05) is 29.5 Å². The van der Waals surface area contributed by atoms with E-state index in [2.05, 4.69) is 20.1 Å². The van der Waals surface area contributed by atoms with Crippen LogP contribution in [0.2, 0.25) is 5.02 Å². The Morgan fingerprint density at radius 1 is 1.07 bits per heavy atom. The number of likely N-dealkylation sites (tertiary alicyclic amines) is 1. The van der Waals surface area contributed by atoms with E-state index in [1.807, 2.05) is 50.2 Å². The lowest BCUT2D eigenvalue weighted by atomic mass is 9.65. The Morgan fingerprint density at radius 2 is 1.70 bits per heavy atom. The van der Waals surface area contributed by atoms with Crippen molar-refractivity contribution in [3.63, 3.8) is 0 Å². The molecule has 0 radical (unpaired) electrons. The summed E-state index contributed by atoms with van der Waals surface area (Å²) >= 11 is 8.25. The lowest BCUT2D eigenvalue weighted by molar-refractivity contribution is -0.142. The third-order valence-electron chi connectivity index (χ3n) is 9.42. The number of fused-ring (bicyclic) bond motifs is 1. The largest absolute Gasteiger partial charge is 0.394 e. The van der Waals surface area contributed by atoms with Crippen LogP contribution < -0.4 is 9.80 Å². The van der Waals surface area contributed by atoms with Gasteiger partial charge in [-0.2, -0.15) is 0 Å². The molecule has 3 fully saturated rings. The molecule has 3 unspecified atom stereocenters. The molecule has 0 aromatic heterocycles. The van der Waals surface area contributed by atoms with E-state index in [0.29, 0.717) is 30.1 Å². The van der Waals surface area contributed by atoms with Gasteiger partial charge < -0.3 is 19.8 Å². The maximum atomic E-state index is 15.0. The van der Waals surface area contributed by atoms with Gasteiger partial charge in [0, 0.05) is 24.0 Å². The van der Waals surface area contributed by atoms with Gasteiger partial charge in [0.05, 0.1) is 39.9 Å². The molecule has 2 aromatic rings. The average molecular weight is 636 g/mol. The highest BCUT2D eigenvalue weighted by molar-refractivity contribution is 8.02. The maximum Gasteiger partial charge on any atom is 0.251 e. The molecule has 3 aliphatic rings. The molecule has 9 heteroatoms. The number of aliphatic hydroxyl groups excluding tert-OH is 1. The number of rotatable bonds is 12. The Kier molecular flexibility index (Phi) is 9.64. The molecule has 44 heavy (non-hydrogen) atoms. The number of aliphatic hydroxyl groups is 1. The zero-order valence-electron chi connectivity index (χ0n) is 25.6. The molecular weight excluding hydrogens is 594 g/mol. The molecule has 1 N–H and O–H groups in total. The lowest BCUT2D eigenvalue weighted by Crippen LogP contribution is -2.59. The van der Waals surface area contributed by atoms with E-state index in [1.54, 1.807) is 56.8 Å². The molecule has 2 bridgehead atoms. The topological polar surface area (TPSA) is 81.2 Å². The lowest BCUT2D eigenvalue weighted by Gasteiger charge is -2.42. The Bertz CT molecular complexity index is 1420. The van der Waals surface area contributed by atoms with Crippen molar-refractivity contribution in [1.82, 2.24) is 4.90 Å². The number of anilines is 2. The van der Waals surface area contributed by atoms with Gasteiger partial charge in [0.25, 0.3) is 5.91 Å². The van der Waals surface area contributed by atoms with E-state index >= 15 is 0 Å². The van der Waals surface area contributed by atoms with Crippen LogP contribution in [0.1, 0.15) is 33.6 Å². The minimum Gasteiger partial charge on any atom is -0.394 e. The van der Waals surface area contributed by atoms with Crippen LogP contribution in [0.3, 0.4) is 0 Å². The summed E-state index contributed by atoms with van der Waals surface area (Å²) in [6.07, 6.45) is 4.58. The highest BCUT2D eigenvalue weighted by atomic mass is 35.5. The first-order chi connectivity index (χ1) is 21.1. The van der Waals surface area contributed by atoms with Crippen LogP contribution in [0, 0.1) is 23.7 Å². The van der Waals surface area contributed by atoms with Crippen LogP contribution in [0.5, 0.6) is 0 Å². The van der Waals surface area contributed by atoms with Crippen LogP contribution in [0.4, 0.5) is 11.4 Å². The second-order valence-electron chi connectivity index (χ2n) is 12.5. The number of para-hydroxylation sites is 2. The van der Waals surface area contributed by atoms with Crippen molar-refractivity contribution < 1.29 is 19.5 Å². The number of carbonyl (C=O) groups is 3. The SMILES string of the molecule is C=CCN(C(=O)[C@@H]1[C@@H]2CC(C)C3(S2)C(C(=O)N(CC=C)c2ccccc2Cl)N([C@@H](CO)CC(C)C)C(=O)[C@H]13)c1ccccc1. The number of halogens is 1. The minimum atomic E-state index is -0.889. The van der Waals surface area contributed by atoms with Gasteiger partial charge in [-0.1, -0.05) is 74.9 Å². The fraction of sp³-hybridized carbons (Fsp3) is 0.457. The quantitative estimate of drug-likeness (QED) is 0.297. The van der Waals surface area contributed by atoms with Crippen molar-refractivity contribution in [3.8, 4) is 0 Å². The molecule has 3 amide bonds. The summed E-state index contributed by atoms with van der Waals surface area (Å²) in [5, 5.41) is 11.0. The first-order valence-corrected chi connectivity index (χ1v) is 16.6. The predicted octanol–water partition coefficient (Wildman–Crippen LogP) is 5.82. The molecule has 5 rings (SSSR count). The average Bonchev–Trinajstić information content (AvgIpc) is 3.61. The normalized spacial score (nSPS) is 27.7. The molecule has 2 aromatic carbocycles. The van der Waals surface area contributed by atoms with Gasteiger partial charge in [0.15, 0.2) is 0 Å². The number of benzene rings is 2. The summed E-state index contributed by atoms with van der Waals surface area (Å²) < 4.78 is -0.846. The van der Waals surface area contributed by atoms with Crippen LogP contribution in [0.25, 0.3) is 0 Å². The van der Waals surface area contributed by atoms with Crippen molar-refractivity contribution in [3.05, 3.63) is 84.9 Å². The second kappa shape index (κ2) is 13.1. The van der Waals surface area contributed by atoms with E-state index < -0.39 is 28.7 Å². The Balaban J connectivity index is 1.65. The molecule has 3 heterocycles. The number of thioether (sulfide) groups is 1. The third kappa shape index (κ3) is 5.29. The van der Waals surface area contributed by atoms with Crippen LogP contribution >= 0.6 is 23.4 Å². The van der Waals surface area contributed by atoms with Crippen molar-refractivity contribution in [2.24, 2.45) is 23.7 Å². The number of nitrogens with zero attached hydrogens (tertiary/aromatic N) is 3. The Morgan fingerprint density at radius 3 is 2.32 bits per heavy atom. The van der Waals surface area contributed by atoms with E-state index in [0.717, 1.165) is 5.69 Å². The first kappa shape index (κ1) is 32.3. The monoisotopic (exact) mass is 635 g/mol. The predicted molar refractivity (Wildman–Crippen MR) is 179 cm³/mol. The van der Waals surface area contributed by atoms with Crippen molar-refractivity contribution in [1.29, 1.82) is 0 Å². The second-order valence-corrected chi connectivity index (χ2v) is 14.5. The molecule has 0 saturated carbocycles. The summed E-state index contributed by atoms with van der Waals surface area (Å²) in [6, 6.07) is 15.1. The van der Waals surface area contributed by atoms with E-state index in [1.165, 1.54) is 0 Å². The van der Waals surface area contributed by atoms with Gasteiger partial charge in [0.2, 0.25) is 11.8 Å². The zero-order valence-corrected chi connectivity index (χ0v) is 27.2. The van der Waals surface area contributed by atoms with E-state index in [4.69, 9.17) is 11.6 Å². The fourth-order valence-corrected chi connectivity index (χ4v) is 10.4. The Hall–Kier alpha value is -3.07. The third-order valence-corrected chi connectivity index (χ3v) is 11.8. The van der Waals surface area contributed by atoms with Gasteiger partial charge in [0.1, 0.15) is 6.04 Å². The first-order valence-electron chi connectivity index (χ1n) is 15.4. The van der Waals surface area contributed by atoms with E-state index in [-0.39, 0.29) is 48.0 Å². The smallest absolute Gasteiger partial charge is 0.251 e. The summed E-state index contributed by atoms with van der Waals surface area (Å²) in [5.41, 5.74) is 1.28. The van der Waals surface area contributed by atoms with Crippen molar-refractivity contribution in [2.45, 2.75) is 55.7 Å². The summed E-state index contributed by atoms with van der Waals surface area (Å²) in [5.74, 6) is -1.81. The summed E-state index contributed by atoms with van der Waals surface area (Å²) in [4.78, 5) is 49.3. The number of hydrogen-bond acceptors (Lipinski definition) is 5. The molecule has 234 valence electrons. The molecule has 7 nitrogen and oxygen atoms in total. The maximum absolute atomic E-state index is 15.0. The highest BCUT2D eigenvalue weighted by Crippen LogP contribution is 2.69. The molecule has 3 saturated heterocycles. The summed E-state index contributed by atoms with van der Waals surface area (Å²) in [6.45, 7) is 14.2. The van der Waals surface area contributed by atoms with Gasteiger partial charge in [-0.3, -0.25) is 14.4 Å². The fourth-order valence-electron chi connectivity index (χ4n) is 7.73. The number of hydrogen-bond donors (Lipinski definition) is 1.